The van der Waals surface area contributed by atoms with E-state index in [1.807, 2.05) is 49.4 Å². The van der Waals surface area contributed by atoms with E-state index in [0.29, 0.717) is 18.5 Å². The van der Waals surface area contributed by atoms with Crippen LogP contribution in [0.2, 0.25) is 0 Å². The van der Waals surface area contributed by atoms with E-state index in [1.54, 1.807) is 6.08 Å². The standard InChI is InChI=1S/C19H19NO3/c1-12-8-17(19(21)22)10-16-9-15(6-7-18(16)23-12)14-4-2-13(11-20)3-5-14/h2-7,9-10,12H,8,11,20H2,1H3,(H,21,22). The topological polar surface area (TPSA) is 72.5 Å². The Morgan fingerprint density at radius 3 is 2.57 bits per heavy atom. The van der Waals surface area contributed by atoms with Crippen LogP contribution in [-0.4, -0.2) is 17.2 Å². The lowest BCUT2D eigenvalue weighted by molar-refractivity contribution is -0.132. The van der Waals surface area contributed by atoms with E-state index in [9.17, 15) is 9.90 Å². The molecule has 0 aliphatic carbocycles. The first-order valence-electron chi connectivity index (χ1n) is 7.61. The van der Waals surface area contributed by atoms with Gasteiger partial charge >= 0.3 is 5.97 Å². The first-order valence-corrected chi connectivity index (χ1v) is 7.61. The highest BCUT2D eigenvalue weighted by Crippen LogP contribution is 2.32. The summed E-state index contributed by atoms with van der Waals surface area (Å²) in [5, 5.41) is 9.31. The van der Waals surface area contributed by atoms with Crippen molar-refractivity contribution in [3.63, 3.8) is 0 Å². The van der Waals surface area contributed by atoms with Crippen molar-refractivity contribution in [1.82, 2.24) is 0 Å². The van der Waals surface area contributed by atoms with Gasteiger partial charge in [0.2, 0.25) is 0 Å². The molecule has 1 heterocycles. The zero-order valence-corrected chi connectivity index (χ0v) is 13.0. The van der Waals surface area contributed by atoms with E-state index < -0.39 is 5.97 Å². The zero-order chi connectivity index (χ0) is 16.4. The van der Waals surface area contributed by atoms with Gasteiger partial charge in [-0.25, -0.2) is 4.79 Å². The molecule has 0 bridgehead atoms. The van der Waals surface area contributed by atoms with E-state index in [2.05, 4.69) is 0 Å². The Morgan fingerprint density at radius 2 is 1.91 bits per heavy atom. The average Bonchev–Trinajstić information content (AvgIpc) is 2.72. The number of aliphatic carboxylic acids is 1. The maximum absolute atomic E-state index is 11.4. The maximum Gasteiger partial charge on any atom is 0.331 e. The van der Waals surface area contributed by atoms with E-state index in [4.69, 9.17) is 10.5 Å². The maximum atomic E-state index is 11.4. The molecule has 118 valence electrons. The number of ether oxygens (including phenoxy) is 1. The summed E-state index contributed by atoms with van der Waals surface area (Å²) in [5.41, 5.74) is 9.95. The highest BCUT2D eigenvalue weighted by atomic mass is 16.5. The predicted octanol–water partition coefficient (Wildman–Crippen LogP) is 3.45. The summed E-state index contributed by atoms with van der Waals surface area (Å²) >= 11 is 0. The fourth-order valence-corrected chi connectivity index (χ4v) is 2.75. The number of hydrogen-bond acceptors (Lipinski definition) is 3. The van der Waals surface area contributed by atoms with Crippen LogP contribution < -0.4 is 10.5 Å². The summed E-state index contributed by atoms with van der Waals surface area (Å²) in [6.07, 6.45) is 1.94. The molecule has 0 spiro atoms. The third-order valence-corrected chi connectivity index (χ3v) is 3.97. The largest absolute Gasteiger partial charge is 0.490 e. The molecule has 1 unspecified atom stereocenters. The lowest BCUT2D eigenvalue weighted by atomic mass is 10.00. The fourth-order valence-electron chi connectivity index (χ4n) is 2.75. The molecule has 0 radical (unpaired) electrons. The molecule has 3 rings (SSSR count). The third-order valence-electron chi connectivity index (χ3n) is 3.97. The minimum Gasteiger partial charge on any atom is -0.490 e. The van der Waals surface area contributed by atoms with Crippen LogP contribution in [0.25, 0.3) is 17.2 Å². The molecule has 4 heteroatoms. The summed E-state index contributed by atoms with van der Waals surface area (Å²) in [6, 6.07) is 13.9. The monoisotopic (exact) mass is 309 g/mol. The Balaban J connectivity index is 2.03. The van der Waals surface area contributed by atoms with Gasteiger partial charge in [0, 0.05) is 24.1 Å². The molecule has 1 aliphatic heterocycles. The minimum absolute atomic E-state index is 0.159. The molecule has 0 amide bonds. The highest BCUT2D eigenvalue weighted by Gasteiger charge is 2.19. The van der Waals surface area contributed by atoms with Crippen LogP contribution in [-0.2, 0) is 11.3 Å². The average molecular weight is 309 g/mol. The molecule has 2 aromatic carbocycles. The molecular weight excluding hydrogens is 290 g/mol. The summed E-state index contributed by atoms with van der Waals surface area (Å²) in [7, 11) is 0. The Labute approximate surface area is 135 Å². The third kappa shape index (κ3) is 3.27. The summed E-state index contributed by atoms with van der Waals surface area (Å²) in [4.78, 5) is 11.4. The molecule has 23 heavy (non-hydrogen) atoms. The van der Waals surface area contributed by atoms with E-state index >= 15 is 0 Å². The number of nitrogens with two attached hydrogens (primary N) is 1. The second-order valence-electron chi connectivity index (χ2n) is 5.76. The van der Waals surface area contributed by atoms with Gasteiger partial charge in [-0.3, -0.25) is 0 Å². The first kappa shape index (κ1) is 15.3. The van der Waals surface area contributed by atoms with Crippen molar-refractivity contribution in [3.8, 4) is 16.9 Å². The molecular formula is C19H19NO3. The number of fused-ring (bicyclic) bond motifs is 1. The zero-order valence-electron chi connectivity index (χ0n) is 13.0. The molecule has 0 aromatic heterocycles. The Bertz CT molecular complexity index is 763. The second-order valence-corrected chi connectivity index (χ2v) is 5.76. The molecule has 0 saturated carbocycles. The lowest BCUT2D eigenvalue weighted by Gasteiger charge is -2.14. The number of hydrogen-bond donors (Lipinski definition) is 2. The number of benzene rings is 2. The van der Waals surface area contributed by atoms with Gasteiger partial charge in [-0.2, -0.15) is 0 Å². The van der Waals surface area contributed by atoms with E-state index in [-0.39, 0.29) is 6.10 Å². The van der Waals surface area contributed by atoms with E-state index in [0.717, 1.165) is 28.0 Å². The first-order chi connectivity index (χ1) is 11.1. The van der Waals surface area contributed by atoms with Crippen molar-refractivity contribution in [2.24, 2.45) is 5.73 Å². The van der Waals surface area contributed by atoms with Gasteiger partial charge in [-0.1, -0.05) is 30.3 Å². The Morgan fingerprint density at radius 1 is 1.22 bits per heavy atom. The molecule has 0 saturated heterocycles. The molecule has 0 fully saturated rings. The van der Waals surface area contributed by atoms with Crippen molar-refractivity contribution in [3.05, 3.63) is 59.2 Å². The minimum atomic E-state index is -0.897. The van der Waals surface area contributed by atoms with E-state index in [1.165, 1.54) is 0 Å². The van der Waals surface area contributed by atoms with Gasteiger partial charge in [0.1, 0.15) is 11.9 Å². The Hall–Kier alpha value is -2.59. The van der Waals surface area contributed by atoms with Gasteiger partial charge in [-0.15, -0.1) is 0 Å². The molecule has 4 nitrogen and oxygen atoms in total. The normalized spacial score (nSPS) is 16.8. The van der Waals surface area contributed by atoms with Crippen LogP contribution in [0.3, 0.4) is 0 Å². The predicted molar refractivity (Wildman–Crippen MR) is 90.1 cm³/mol. The van der Waals surface area contributed by atoms with Crippen LogP contribution >= 0.6 is 0 Å². The summed E-state index contributed by atoms with van der Waals surface area (Å²) < 4.78 is 5.83. The lowest BCUT2D eigenvalue weighted by Crippen LogP contribution is -2.14. The quantitative estimate of drug-likeness (QED) is 0.911. The smallest absolute Gasteiger partial charge is 0.331 e. The SMILES string of the molecule is CC1CC(C(=O)O)=Cc2cc(-c3ccc(CN)cc3)ccc2O1. The number of carboxylic acids is 1. The van der Waals surface area contributed by atoms with Gasteiger partial charge in [-0.05, 0) is 41.8 Å². The van der Waals surface area contributed by atoms with Crippen molar-refractivity contribution >= 4 is 12.0 Å². The number of carbonyl (C=O) groups is 1. The van der Waals surface area contributed by atoms with Gasteiger partial charge in [0.05, 0.1) is 0 Å². The van der Waals surface area contributed by atoms with Crippen LogP contribution in [0.1, 0.15) is 24.5 Å². The molecule has 1 atom stereocenters. The van der Waals surface area contributed by atoms with Gasteiger partial charge in [0.25, 0.3) is 0 Å². The van der Waals surface area contributed by atoms with Crippen molar-refractivity contribution < 1.29 is 14.6 Å². The highest BCUT2D eigenvalue weighted by molar-refractivity contribution is 5.93. The molecule has 1 aliphatic rings. The number of carboxylic acid groups (broad SMARTS) is 1. The van der Waals surface area contributed by atoms with Crippen LogP contribution in [0, 0.1) is 0 Å². The van der Waals surface area contributed by atoms with Gasteiger partial charge < -0.3 is 15.6 Å². The Kier molecular flexibility index (Phi) is 4.17. The van der Waals surface area contributed by atoms with Crippen LogP contribution in [0.15, 0.2) is 48.0 Å². The van der Waals surface area contributed by atoms with Gasteiger partial charge in [0.15, 0.2) is 0 Å². The number of rotatable bonds is 3. The second kappa shape index (κ2) is 6.26. The van der Waals surface area contributed by atoms with Crippen molar-refractivity contribution in [2.75, 3.05) is 0 Å². The van der Waals surface area contributed by atoms with Crippen LogP contribution in [0.5, 0.6) is 5.75 Å². The fraction of sp³-hybridized carbons (Fsp3) is 0.211. The van der Waals surface area contributed by atoms with Crippen molar-refractivity contribution in [1.29, 1.82) is 0 Å². The van der Waals surface area contributed by atoms with Crippen LogP contribution in [0.4, 0.5) is 0 Å². The molecule has 3 N–H and O–H groups in total. The molecule has 2 aromatic rings. The van der Waals surface area contributed by atoms with Crippen molar-refractivity contribution in [2.45, 2.75) is 26.0 Å². The summed E-state index contributed by atoms with van der Waals surface area (Å²) in [6.45, 7) is 2.40. The summed E-state index contributed by atoms with van der Waals surface area (Å²) in [5.74, 6) is -0.179.